The Labute approximate surface area is 212 Å². The Morgan fingerprint density at radius 1 is 0.944 bits per heavy atom. The molecular formula is C28H34N4O4. The molecule has 1 saturated heterocycles. The number of amides is 1. The zero-order valence-corrected chi connectivity index (χ0v) is 21.1. The quantitative estimate of drug-likeness (QED) is 0.552. The topological polar surface area (TPSA) is 73.4 Å². The highest BCUT2D eigenvalue weighted by Crippen LogP contribution is 2.34. The number of rotatable bonds is 7. The van der Waals surface area contributed by atoms with E-state index in [1.54, 1.807) is 11.0 Å². The predicted molar refractivity (Wildman–Crippen MR) is 135 cm³/mol. The Hall–Kier alpha value is -3.07. The first-order valence-electron chi connectivity index (χ1n) is 12.7. The van der Waals surface area contributed by atoms with Gasteiger partial charge in [0.05, 0.1) is 19.0 Å². The van der Waals surface area contributed by atoms with Crippen LogP contribution in [0.5, 0.6) is 5.75 Å². The van der Waals surface area contributed by atoms with E-state index in [4.69, 9.17) is 4.74 Å². The number of fused-ring (bicyclic) bond motifs is 1. The van der Waals surface area contributed by atoms with Gasteiger partial charge in [0.15, 0.2) is 5.78 Å². The molecule has 2 aliphatic heterocycles. The van der Waals surface area contributed by atoms with E-state index in [2.05, 4.69) is 53.3 Å². The first kappa shape index (κ1) is 24.6. The second-order valence-corrected chi connectivity index (χ2v) is 10.1. The van der Waals surface area contributed by atoms with Gasteiger partial charge in [0.1, 0.15) is 18.1 Å². The molecule has 8 heteroatoms. The van der Waals surface area contributed by atoms with Gasteiger partial charge >= 0.3 is 0 Å². The van der Waals surface area contributed by atoms with Gasteiger partial charge in [0, 0.05) is 64.4 Å². The van der Waals surface area contributed by atoms with Crippen molar-refractivity contribution < 1.29 is 19.1 Å². The molecule has 2 heterocycles. The molecule has 2 fully saturated rings. The smallest absolute Gasteiger partial charge is 0.255 e. The molecule has 1 atom stereocenters. The third-order valence-electron chi connectivity index (χ3n) is 7.51. The van der Waals surface area contributed by atoms with Crippen LogP contribution in [0.15, 0.2) is 42.5 Å². The molecule has 1 saturated carbocycles. The summed E-state index contributed by atoms with van der Waals surface area (Å²) in [6.45, 7) is 5.90. The first-order chi connectivity index (χ1) is 17.4. The third kappa shape index (κ3) is 5.21. The molecular weight excluding hydrogens is 456 g/mol. The minimum absolute atomic E-state index is 0.0395. The van der Waals surface area contributed by atoms with E-state index < -0.39 is 6.04 Å². The van der Waals surface area contributed by atoms with Crippen molar-refractivity contribution in [2.75, 3.05) is 40.3 Å². The standard InChI is InChI=1S/C28H34N4O4/c1-29(2)31-14-12-30(13-15-31)17-20-6-8-21(9-7-20)19-36-27-5-3-4-23-24(27)18-32(28(23)35)25-11-10-22(33)16-26(25)34/h3-9,25H,10-19H2,1-2H3. The second kappa shape index (κ2) is 10.5. The average molecular weight is 491 g/mol. The molecule has 1 aliphatic carbocycles. The molecule has 0 bridgehead atoms. The molecule has 0 radical (unpaired) electrons. The van der Waals surface area contributed by atoms with Gasteiger partial charge in [0.2, 0.25) is 0 Å². The van der Waals surface area contributed by atoms with Gasteiger partial charge in [-0.1, -0.05) is 30.3 Å². The summed E-state index contributed by atoms with van der Waals surface area (Å²) in [5, 5.41) is 4.53. The molecule has 0 aromatic heterocycles. The molecule has 190 valence electrons. The van der Waals surface area contributed by atoms with Gasteiger partial charge in [-0.15, -0.1) is 0 Å². The molecule has 3 aliphatic rings. The fraction of sp³-hybridized carbons (Fsp3) is 0.464. The van der Waals surface area contributed by atoms with Crippen molar-refractivity contribution in [2.24, 2.45) is 0 Å². The maximum atomic E-state index is 13.0. The summed E-state index contributed by atoms with van der Waals surface area (Å²) in [6.07, 6.45) is 0.684. The lowest BCUT2D eigenvalue weighted by Crippen LogP contribution is -2.50. The molecule has 1 unspecified atom stereocenters. The van der Waals surface area contributed by atoms with Crippen molar-refractivity contribution in [1.29, 1.82) is 0 Å². The summed E-state index contributed by atoms with van der Waals surface area (Å²) in [6, 6.07) is 13.5. The van der Waals surface area contributed by atoms with Crippen molar-refractivity contribution in [3.05, 3.63) is 64.7 Å². The number of benzene rings is 2. The van der Waals surface area contributed by atoms with E-state index in [9.17, 15) is 14.4 Å². The van der Waals surface area contributed by atoms with E-state index in [0.717, 1.165) is 43.9 Å². The molecule has 0 spiro atoms. The highest BCUT2D eigenvalue weighted by molar-refractivity contribution is 6.07. The lowest BCUT2D eigenvalue weighted by atomic mass is 9.92. The SMILES string of the molecule is CN(C)N1CCN(Cc2ccc(COc3cccc4c3CN(C3CCC(=O)CC3=O)C4=O)cc2)CC1. The minimum Gasteiger partial charge on any atom is -0.489 e. The molecule has 1 amide bonds. The molecule has 5 rings (SSSR count). The fourth-order valence-electron chi connectivity index (χ4n) is 5.36. The van der Waals surface area contributed by atoms with Crippen LogP contribution in [0, 0.1) is 0 Å². The Morgan fingerprint density at radius 3 is 2.36 bits per heavy atom. The van der Waals surface area contributed by atoms with Gasteiger partial charge in [-0.05, 0) is 29.7 Å². The van der Waals surface area contributed by atoms with Crippen LogP contribution < -0.4 is 4.74 Å². The zero-order valence-electron chi connectivity index (χ0n) is 21.1. The van der Waals surface area contributed by atoms with E-state index in [-0.39, 0.29) is 23.9 Å². The highest BCUT2D eigenvalue weighted by atomic mass is 16.5. The maximum Gasteiger partial charge on any atom is 0.255 e. The minimum atomic E-state index is -0.520. The maximum absolute atomic E-state index is 13.0. The van der Waals surface area contributed by atoms with Crippen LogP contribution in [0.4, 0.5) is 0 Å². The van der Waals surface area contributed by atoms with E-state index in [0.29, 0.717) is 37.3 Å². The molecule has 36 heavy (non-hydrogen) atoms. The second-order valence-electron chi connectivity index (χ2n) is 10.1. The average Bonchev–Trinajstić information content (AvgIpc) is 3.21. The van der Waals surface area contributed by atoms with Crippen LogP contribution in [-0.4, -0.2) is 83.6 Å². The predicted octanol–water partition coefficient (Wildman–Crippen LogP) is 2.51. The molecule has 8 nitrogen and oxygen atoms in total. The lowest BCUT2D eigenvalue weighted by Gasteiger charge is -2.37. The number of ketones is 2. The zero-order chi connectivity index (χ0) is 25.2. The number of nitrogens with zero attached hydrogens (tertiary/aromatic N) is 4. The van der Waals surface area contributed by atoms with Gasteiger partial charge in [-0.25, -0.2) is 10.0 Å². The Balaban J connectivity index is 1.18. The van der Waals surface area contributed by atoms with Crippen LogP contribution in [0.1, 0.15) is 46.3 Å². The van der Waals surface area contributed by atoms with Crippen LogP contribution >= 0.6 is 0 Å². The Morgan fingerprint density at radius 2 is 1.67 bits per heavy atom. The van der Waals surface area contributed by atoms with Gasteiger partial charge < -0.3 is 9.64 Å². The van der Waals surface area contributed by atoms with Crippen LogP contribution in [-0.2, 0) is 29.3 Å². The van der Waals surface area contributed by atoms with Crippen LogP contribution in [0.25, 0.3) is 0 Å². The van der Waals surface area contributed by atoms with Gasteiger partial charge in [0.25, 0.3) is 5.91 Å². The van der Waals surface area contributed by atoms with Gasteiger partial charge in [-0.3, -0.25) is 19.3 Å². The highest BCUT2D eigenvalue weighted by Gasteiger charge is 2.40. The normalized spacial score (nSPS) is 21.4. The summed E-state index contributed by atoms with van der Waals surface area (Å²) in [4.78, 5) is 41.2. The molecule has 2 aromatic rings. The van der Waals surface area contributed by atoms with Crippen molar-refractivity contribution >= 4 is 17.5 Å². The van der Waals surface area contributed by atoms with Crippen molar-refractivity contribution in [1.82, 2.24) is 19.8 Å². The van der Waals surface area contributed by atoms with Crippen LogP contribution in [0.2, 0.25) is 0 Å². The lowest BCUT2D eigenvalue weighted by molar-refractivity contribution is -0.133. The van der Waals surface area contributed by atoms with E-state index >= 15 is 0 Å². The number of hydrogen-bond acceptors (Lipinski definition) is 7. The van der Waals surface area contributed by atoms with Crippen molar-refractivity contribution in [3.63, 3.8) is 0 Å². The third-order valence-corrected chi connectivity index (χ3v) is 7.51. The Bertz CT molecular complexity index is 1140. The number of piperazine rings is 1. The summed E-state index contributed by atoms with van der Waals surface area (Å²) in [5.74, 6) is 0.321. The van der Waals surface area contributed by atoms with E-state index in [1.165, 1.54) is 5.56 Å². The van der Waals surface area contributed by atoms with Crippen LogP contribution in [0.3, 0.4) is 0 Å². The number of hydrazine groups is 1. The largest absolute Gasteiger partial charge is 0.489 e. The molecule has 2 aromatic carbocycles. The van der Waals surface area contributed by atoms with E-state index in [1.807, 2.05) is 12.1 Å². The van der Waals surface area contributed by atoms with Crippen molar-refractivity contribution in [2.45, 2.75) is 45.0 Å². The first-order valence-corrected chi connectivity index (χ1v) is 12.7. The summed E-state index contributed by atoms with van der Waals surface area (Å²) >= 11 is 0. The number of ether oxygens (including phenoxy) is 1. The van der Waals surface area contributed by atoms with Gasteiger partial charge in [-0.2, -0.15) is 0 Å². The molecule has 0 N–H and O–H groups in total. The van der Waals surface area contributed by atoms with Crippen molar-refractivity contribution in [3.8, 4) is 5.75 Å². The summed E-state index contributed by atoms with van der Waals surface area (Å²) < 4.78 is 6.15. The Kier molecular flexibility index (Phi) is 7.18. The number of Topliss-reactive ketones (excluding diaryl/α,β-unsaturated/α-hetero) is 2. The summed E-state index contributed by atoms with van der Waals surface area (Å²) in [5.41, 5.74) is 3.76. The number of carbonyl (C=O) groups excluding carboxylic acids is 3. The summed E-state index contributed by atoms with van der Waals surface area (Å²) in [7, 11) is 4.18. The number of hydrogen-bond donors (Lipinski definition) is 0. The number of carbonyl (C=O) groups is 3. The fourth-order valence-corrected chi connectivity index (χ4v) is 5.36. The monoisotopic (exact) mass is 490 g/mol.